The highest BCUT2D eigenvalue weighted by molar-refractivity contribution is 8.14. The molecular formula is C23H31ClN8S2. The van der Waals surface area contributed by atoms with Crippen molar-refractivity contribution in [2.75, 3.05) is 25.9 Å². The summed E-state index contributed by atoms with van der Waals surface area (Å²) in [6.45, 7) is 5.14. The molecule has 11 heteroatoms. The van der Waals surface area contributed by atoms with Crippen LogP contribution in [-0.4, -0.2) is 53.8 Å². The number of rotatable bonds is 7. The van der Waals surface area contributed by atoms with Crippen LogP contribution in [0.5, 0.6) is 0 Å². The molecule has 34 heavy (non-hydrogen) atoms. The Morgan fingerprint density at radius 3 is 2.59 bits per heavy atom. The van der Waals surface area contributed by atoms with Crippen LogP contribution < -0.4 is 15.3 Å². The average Bonchev–Trinajstić information content (AvgIpc) is 3.32. The molecule has 2 aromatic carbocycles. The van der Waals surface area contributed by atoms with Gasteiger partial charge in [-0.2, -0.15) is 10.2 Å². The van der Waals surface area contributed by atoms with E-state index in [0.29, 0.717) is 29.8 Å². The van der Waals surface area contributed by atoms with E-state index in [1.54, 1.807) is 7.05 Å². The predicted molar refractivity (Wildman–Crippen MR) is 150 cm³/mol. The molecule has 0 saturated heterocycles. The third-order valence-corrected chi connectivity index (χ3v) is 5.81. The topological polar surface area (TPSA) is 114 Å². The van der Waals surface area contributed by atoms with E-state index in [1.807, 2.05) is 61.3 Å². The molecule has 1 unspecified atom stereocenters. The van der Waals surface area contributed by atoms with E-state index in [2.05, 4.69) is 32.4 Å². The first-order valence-electron chi connectivity index (χ1n) is 10.9. The van der Waals surface area contributed by atoms with E-state index < -0.39 is 0 Å². The summed E-state index contributed by atoms with van der Waals surface area (Å²) in [4.78, 5) is 4.64. The fourth-order valence-corrected chi connectivity index (χ4v) is 3.88. The van der Waals surface area contributed by atoms with Gasteiger partial charge < -0.3 is 5.43 Å². The van der Waals surface area contributed by atoms with Crippen LogP contribution in [0.3, 0.4) is 0 Å². The smallest absolute Gasteiger partial charge is 0.225 e. The van der Waals surface area contributed by atoms with Crippen LogP contribution in [0.2, 0.25) is 5.02 Å². The quantitative estimate of drug-likeness (QED) is 0.140. The van der Waals surface area contributed by atoms with Crippen molar-refractivity contribution in [1.82, 2.24) is 15.2 Å². The second-order valence-corrected chi connectivity index (χ2v) is 8.69. The van der Waals surface area contributed by atoms with Gasteiger partial charge in [-0.25, -0.2) is 10.0 Å². The lowest BCUT2D eigenvalue weighted by Crippen LogP contribution is -2.35. The zero-order valence-corrected chi connectivity index (χ0v) is 21.9. The van der Waals surface area contributed by atoms with Crippen molar-refractivity contribution in [3.8, 4) is 0 Å². The molecule has 1 aliphatic rings. The first-order chi connectivity index (χ1) is 16.6. The molecule has 5 N–H and O–H groups in total. The molecule has 0 spiro atoms. The van der Waals surface area contributed by atoms with Gasteiger partial charge in [0.25, 0.3) is 0 Å². The zero-order chi connectivity index (χ0) is 24.8. The summed E-state index contributed by atoms with van der Waals surface area (Å²) in [5, 5.41) is 25.1. The van der Waals surface area contributed by atoms with Gasteiger partial charge in [-0.1, -0.05) is 79.9 Å². The van der Waals surface area contributed by atoms with Crippen molar-refractivity contribution in [2.45, 2.75) is 19.8 Å². The zero-order valence-electron chi connectivity index (χ0n) is 19.5. The van der Waals surface area contributed by atoms with Crippen LogP contribution in [0.4, 0.5) is 0 Å². The number of hydrogen-bond donors (Lipinski definition) is 4. The number of nitrogens with one attached hydrogen (secondary N) is 3. The highest BCUT2D eigenvalue weighted by atomic mass is 35.5. The Morgan fingerprint density at radius 1 is 1.24 bits per heavy atom. The normalized spacial score (nSPS) is 15.6. The highest BCUT2D eigenvalue weighted by Crippen LogP contribution is 2.29. The molecule has 3 rings (SSSR count). The molecular weight excluding hydrogens is 488 g/mol. The van der Waals surface area contributed by atoms with Crippen molar-refractivity contribution in [2.24, 2.45) is 20.3 Å². The minimum absolute atomic E-state index is 0.0589. The molecule has 0 amide bonds. The van der Waals surface area contributed by atoms with E-state index in [9.17, 15) is 0 Å². The molecule has 0 aliphatic carbocycles. The average molecular weight is 519 g/mol. The summed E-state index contributed by atoms with van der Waals surface area (Å²) < 4.78 is 3.15. The molecule has 2 aromatic rings. The maximum absolute atomic E-state index is 8.00. The molecule has 1 heterocycles. The largest absolute Gasteiger partial charge is 0.313 e. The fraction of sp³-hybridized carbons (Fsp3) is 0.304. The predicted octanol–water partition coefficient (Wildman–Crippen LogP) is 4.55. The Bertz CT molecular complexity index is 980. The molecule has 1 atom stereocenters. The number of hydrazone groups is 2. The van der Waals surface area contributed by atoms with Gasteiger partial charge in [0.2, 0.25) is 5.96 Å². The second kappa shape index (κ2) is 15.4. The molecule has 182 valence electrons. The Balaban J connectivity index is 0.00000199. The summed E-state index contributed by atoms with van der Waals surface area (Å²) in [7, 11) is 1.68. The minimum atomic E-state index is 0.0589. The molecule has 1 aliphatic heterocycles. The van der Waals surface area contributed by atoms with E-state index in [4.69, 9.17) is 27.3 Å². The van der Waals surface area contributed by atoms with Gasteiger partial charge in [0.05, 0.1) is 25.0 Å². The number of aliphatic imine (C=N–C) groups is 1. The molecule has 0 bridgehead atoms. The number of nitrogens with two attached hydrogens (primary N) is 1. The highest BCUT2D eigenvalue weighted by Gasteiger charge is 2.31. The standard InChI is InChI=1S/C21H25ClN8S2.C2H6/c1-25-27-13-19(23)32-29-21(26-11-12-31-24)30-14-18(15-5-3-2-4-6-15)20(28-30)16-7-9-17(22)10-8-16;1-2/h2-10,13,18,23,25H,11-12,14,24H2,1H3,(H,26,29);1-2H3/b23-19?,27-13-;. The lowest BCUT2D eigenvalue weighted by molar-refractivity contribution is 0.464. The summed E-state index contributed by atoms with van der Waals surface area (Å²) in [5.74, 6) is 1.30. The van der Waals surface area contributed by atoms with Crippen LogP contribution in [0.25, 0.3) is 0 Å². The maximum Gasteiger partial charge on any atom is 0.225 e. The van der Waals surface area contributed by atoms with Crippen molar-refractivity contribution < 1.29 is 0 Å². The summed E-state index contributed by atoms with van der Waals surface area (Å²) >= 11 is 8.45. The third kappa shape index (κ3) is 8.35. The van der Waals surface area contributed by atoms with Gasteiger partial charge in [-0.15, -0.1) is 0 Å². The number of halogens is 1. The first kappa shape index (κ1) is 27.7. The molecule has 0 fully saturated rings. The van der Waals surface area contributed by atoms with E-state index in [0.717, 1.165) is 23.2 Å². The van der Waals surface area contributed by atoms with Crippen LogP contribution in [0.1, 0.15) is 30.9 Å². The van der Waals surface area contributed by atoms with Crippen LogP contribution >= 0.6 is 35.5 Å². The summed E-state index contributed by atoms with van der Waals surface area (Å²) in [5.41, 5.74) is 5.74. The second-order valence-electron chi connectivity index (χ2n) is 6.66. The molecule has 0 radical (unpaired) electrons. The van der Waals surface area contributed by atoms with Gasteiger partial charge in [-0.3, -0.25) is 15.3 Å². The van der Waals surface area contributed by atoms with Crippen LogP contribution in [0.15, 0.2) is 69.8 Å². The molecule has 0 aromatic heterocycles. The van der Waals surface area contributed by atoms with Crippen molar-refractivity contribution >= 4 is 58.4 Å². The van der Waals surface area contributed by atoms with Gasteiger partial charge in [0.1, 0.15) is 5.04 Å². The minimum Gasteiger partial charge on any atom is -0.313 e. The monoisotopic (exact) mass is 518 g/mol. The van der Waals surface area contributed by atoms with Crippen LogP contribution in [0, 0.1) is 5.41 Å². The van der Waals surface area contributed by atoms with Gasteiger partial charge in [-0.05, 0) is 23.3 Å². The molecule has 8 nitrogen and oxygen atoms in total. The van der Waals surface area contributed by atoms with E-state index in [-0.39, 0.29) is 11.0 Å². The Labute approximate surface area is 215 Å². The fourth-order valence-electron chi connectivity index (χ4n) is 3.08. The van der Waals surface area contributed by atoms with Gasteiger partial charge in [0.15, 0.2) is 0 Å². The van der Waals surface area contributed by atoms with Crippen LogP contribution in [-0.2, 0) is 0 Å². The number of nitrogens with zero attached hydrogens (tertiary/aromatic N) is 4. The lowest BCUT2D eigenvalue weighted by Gasteiger charge is -2.19. The lowest BCUT2D eigenvalue weighted by atomic mass is 9.91. The summed E-state index contributed by atoms with van der Waals surface area (Å²) in [6, 6.07) is 18.0. The maximum atomic E-state index is 8.00. The van der Waals surface area contributed by atoms with Gasteiger partial charge >= 0.3 is 0 Å². The van der Waals surface area contributed by atoms with Crippen molar-refractivity contribution in [3.63, 3.8) is 0 Å². The Kier molecular flexibility index (Phi) is 12.5. The Morgan fingerprint density at radius 2 is 1.94 bits per heavy atom. The van der Waals surface area contributed by atoms with Crippen molar-refractivity contribution in [1.29, 1.82) is 5.41 Å². The SMILES string of the molecule is CC.CN/N=C\C(=N)SNC(=NCCSN)N1CC(c2ccccc2)C(c2ccc(Cl)cc2)=N1. The number of benzene rings is 2. The van der Waals surface area contributed by atoms with Gasteiger partial charge in [0, 0.05) is 35.7 Å². The van der Waals surface area contributed by atoms with Crippen molar-refractivity contribution in [3.05, 3.63) is 70.7 Å². The number of guanidine groups is 1. The molecule has 0 saturated carbocycles. The summed E-state index contributed by atoms with van der Waals surface area (Å²) in [6.07, 6.45) is 1.42. The van der Waals surface area contributed by atoms with E-state index in [1.165, 1.54) is 23.7 Å². The first-order valence-corrected chi connectivity index (χ1v) is 13.1. The van der Waals surface area contributed by atoms with E-state index >= 15 is 0 Å². The third-order valence-electron chi connectivity index (χ3n) is 4.53. The number of hydrogen-bond acceptors (Lipinski definition) is 8. The Hall–Kier alpha value is -2.53.